The second-order valence-corrected chi connectivity index (χ2v) is 6.75. The van der Waals surface area contributed by atoms with Crippen LogP contribution in [-0.4, -0.2) is 41.1 Å². The highest BCUT2D eigenvalue weighted by Gasteiger charge is 2.33. The van der Waals surface area contributed by atoms with Crippen molar-refractivity contribution in [2.45, 2.75) is 12.7 Å². The van der Waals surface area contributed by atoms with Crippen molar-refractivity contribution < 1.29 is 17.6 Å². The monoisotopic (exact) mass is 397 g/mol. The molecule has 3 nitrogen and oxygen atoms in total. The lowest BCUT2D eigenvalue weighted by Crippen LogP contribution is -2.49. The van der Waals surface area contributed by atoms with Gasteiger partial charge in [0, 0.05) is 32.7 Å². The Labute approximate surface area is 160 Å². The van der Waals surface area contributed by atoms with E-state index in [2.05, 4.69) is 10.2 Å². The van der Waals surface area contributed by atoms with Crippen molar-refractivity contribution in [2.24, 2.45) is 0 Å². The maximum absolute atomic E-state index is 13.1. The van der Waals surface area contributed by atoms with E-state index < -0.39 is 11.7 Å². The summed E-state index contributed by atoms with van der Waals surface area (Å²) in [6, 6.07) is 11.7. The van der Waals surface area contributed by atoms with Crippen LogP contribution < -0.4 is 5.32 Å². The molecular formula is C19H19F4N3S. The van der Waals surface area contributed by atoms with E-state index >= 15 is 0 Å². The molecule has 0 aliphatic carbocycles. The number of hydrogen-bond acceptors (Lipinski definition) is 2. The number of rotatable bonds is 3. The highest BCUT2D eigenvalue weighted by atomic mass is 32.1. The van der Waals surface area contributed by atoms with Gasteiger partial charge < -0.3 is 10.2 Å². The molecule has 27 heavy (non-hydrogen) atoms. The molecule has 144 valence electrons. The molecule has 0 aromatic heterocycles. The number of nitrogens with one attached hydrogen (secondary N) is 1. The van der Waals surface area contributed by atoms with E-state index in [0.29, 0.717) is 19.6 Å². The Morgan fingerprint density at radius 2 is 1.59 bits per heavy atom. The van der Waals surface area contributed by atoms with Crippen molar-refractivity contribution in [1.29, 1.82) is 0 Å². The van der Waals surface area contributed by atoms with Gasteiger partial charge in [-0.05, 0) is 42.0 Å². The van der Waals surface area contributed by atoms with Crippen LogP contribution in [0.2, 0.25) is 0 Å². The highest BCUT2D eigenvalue weighted by molar-refractivity contribution is 7.80. The van der Waals surface area contributed by atoms with Crippen LogP contribution in [0, 0.1) is 5.82 Å². The average Bonchev–Trinajstić information content (AvgIpc) is 2.64. The average molecular weight is 397 g/mol. The first-order valence-corrected chi connectivity index (χ1v) is 8.93. The van der Waals surface area contributed by atoms with Gasteiger partial charge in [0.1, 0.15) is 5.82 Å². The molecule has 8 heteroatoms. The number of benzene rings is 2. The van der Waals surface area contributed by atoms with Crippen molar-refractivity contribution in [3.63, 3.8) is 0 Å². The fraction of sp³-hybridized carbons (Fsp3) is 0.316. The molecule has 0 saturated carbocycles. The Morgan fingerprint density at radius 1 is 0.963 bits per heavy atom. The van der Waals surface area contributed by atoms with Crippen LogP contribution >= 0.6 is 12.2 Å². The maximum Gasteiger partial charge on any atom is 0.418 e. The lowest BCUT2D eigenvalue weighted by atomic mass is 10.1. The Kier molecular flexibility index (Phi) is 5.96. The third-order valence-electron chi connectivity index (χ3n) is 4.45. The fourth-order valence-electron chi connectivity index (χ4n) is 2.99. The van der Waals surface area contributed by atoms with Gasteiger partial charge >= 0.3 is 6.18 Å². The van der Waals surface area contributed by atoms with E-state index in [-0.39, 0.29) is 16.6 Å². The predicted octanol–water partition coefficient (Wildman–Crippen LogP) is 4.36. The molecule has 0 bridgehead atoms. The largest absolute Gasteiger partial charge is 0.418 e. The molecular weight excluding hydrogens is 378 g/mol. The van der Waals surface area contributed by atoms with Gasteiger partial charge in [-0.25, -0.2) is 4.39 Å². The third kappa shape index (κ3) is 5.17. The normalized spacial score (nSPS) is 15.6. The fourth-order valence-corrected chi connectivity index (χ4v) is 3.28. The van der Waals surface area contributed by atoms with Crippen LogP contribution in [0.15, 0.2) is 48.5 Å². The Balaban J connectivity index is 1.55. The summed E-state index contributed by atoms with van der Waals surface area (Å²) in [5, 5.41) is 3.02. The number of nitrogens with zero attached hydrogens (tertiary/aromatic N) is 2. The highest BCUT2D eigenvalue weighted by Crippen LogP contribution is 2.34. The molecule has 1 N–H and O–H groups in total. The Bertz CT molecular complexity index is 784. The van der Waals surface area contributed by atoms with Crippen LogP contribution in [-0.2, 0) is 12.7 Å². The summed E-state index contributed by atoms with van der Waals surface area (Å²) < 4.78 is 52.3. The minimum atomic E-state index is -4.44. The Hall–Kier alpha value is -2.19. The molecule has 2 aromatic carbocycles. The first kappa shape index (κ1) is 19.6. The van der Waals surface area contributed by atoms with Crippen LogP contribution in [0.1, 0.15) is 11.1 Å². The quantitative estimate of drug-likeness (QED) is 0.613. The number of para-hydroxylation sites is 1. The molecule has 2 aromatic rings. The summed E-state index contributed by atoms with van der Waals surface area (Å²) in [6.45, 7) is 3.37. The summed E-state index contributed by atoms with van der Waals surface area (Å²) in [5.41, 5.74) is 0.246. The molecule has 1 saturated heterocycles. The zero-order chi connectivity index (χ0) is 19.4. The van der Waals surface area contributed by atoms with Gasteiger partial charge in [-0.2, -0.15) is 13.2 Å². The SMILES string of the molecule is Fc1ccc(CN2CCN(C(=S)Nc3ccccc3C(F)(F)F)CC2)cc1. The third-order valence-corrected chi connectivity index (χ3v) is 4.81. The molecule has 1 heterocycles. The van der Waals surface area contributed by atoms with E-state index in [1.807, 2.05) is 4.90 Å². The molecule has 0 unspecified atom stereocenters. The summed E-state index contributed by atoms with van der Waals surface area (Å²) in [7, 11) is 0. The standard InChI is InChI=1S/C19H19F4N3S/c20-15-7-5-14(6-8-15)13-25-9-11-26(12-10-25)18(27)24-17-4-2-1-3-16(17)19(21,22)23/h1-8H,9-13H2,(H,24,27). The topological polar surface area (TPSA) is 18.5 Å². The van der Waals surface area contributed by atoms with Gasteiger partial charge in [0.25, 0.3) is 0 Å². The zero-order valence-corrected chi connectivity index (χ0v) is 15.3. The lowest BCUT2D eigenvalue weighted by Gasteiger charge is -2.36. The molecule has 0 atom stereocenters. The number of piperazine rings is 1. The lowest BCUT2D eigenvalue weighted by molar-refractivity contribution is -0.136. The zero-order valence-electron chi connectivity index (χ0n) is 14.5. The van der Waals surface area contributed by atoms with E-state index in [4.69, 9.17) is 12.2 Å². The molecule has 1 aliphatic rings. The number of thiocarbonyl (C=S) groups is 1. The van der Waals surface area contributed by atoms with Crippen molar-refractivity contribution in [2.75, 3.05) is 31.5 Å². The Morgan fingerprint density at radius 3 is 2.22 bits per heavy atom. The van der Waals surface area contributed by atoms with Gasteiger partial charge in [0.15, 0.2) is 5.11 Å². The van der Waals surface area contributed by atoms with E-state index in [9.17, 15) is 17.6 Å². The van der Waals surface area contributed by atoms with E-state index in [1.54, 1.807) is 18.2 Å². The van der Waals surface area contributed by atoms with Crippen molar-refractivity contribution in [1.82, 2.24) is 9.80 Å². The van der Waals surface area contributed by atoms with E-state index in [1.165, 1.54) is 24.3 Å². The summed E-state index contributed by atoms with van der Waals surface area (Å²) in [4.78, 5) is 4.07. The molecule has 0 spiro atoms. The molecule has 1 fully saturated rings. The maximum atomic E-state index is 13.1. The second-order valence-electron chi connectivity index (χ2n) is 6.36. The summed E-state index contributed by atoms with van der Waals surface area (Å²) in [5.74, 6) is -0.265. The van der Waals surface area contributed by atoms with Gasteiger partial charge in [0.2, 0.25) is 0 Å². The molecule has 1 aliphatic heterocycles. The second kappa shape index (κ2) is 8.22. The molecule has 0 radical (unpaired) electrons. The first-order chi connectivity index (χ1) is 12.8. The van der Waals surface area contributed by atoms with Crippen LogP contribution in [0.25, 0.3) is 0 Å². The van der Waals surface area contributed by atoms with Crippen LogP contribution in [0.5, 0.6) is 0 Å². The van der Waals surface area contributed by atoms with Crippen molar-refractivity contribution in [3.05, 3.63) is 65.5 Å². The van der Waals surface area contributed by atoms with Crippen molar-refractivity contribution >= 4 is 23.0 Å². The van der Waals surface area contributed by atoms with Crippen LogP contribution in [0.4, 0.5) is 23.2 Å². The van der Waals surface area contributed by atoms with Gasteiger partial charge in [-0.15, -0.1) is 0 Å². The molecule has 3 rings (SSSR count). The number of hydrogen-bond donors (Lipinski definition) is 1. The molecule has 0 amide bonds. The summed E-state index contributed by atoms with van der Waals surface area (Å²) in [6.07, 6.45) is -4.44. The summed E-state index contributed by atoms with van der Waals surface area (Å²) >= 11 is 5.31. The minimum Gasteiger partial charge on any atom is -0.346 e. The first-order valence-electron chi connectivity index (χ1n) is 8.52. The minimum absolute atomic E-state index is 0.0382. The van der Waals surface area contributed by atoms with E-state index in [0.717, 1.165) is 24.7 Å². The van der Waals surface area contributed by atoms with Gasteiger partial charge in [-0.1, -0.05) is 24.3 Å². The predicted molar refractivity (Wildman–Crippen MR) is 101 cm³/mol. The number of anilines is 1. The van der Waals surface area contributed by atoms with Crippen LogP contribution in [0.3, 0.4) is 0 Å². The van der Waals surface area contributed by atoms with Gasteiger partial charge in [-0.3, -0.25) is 4.90 Å². The smallest absolute Gasteiger partial charge is 0.346 e. The number of halogens is 4. The van der Waals surface area contributed by atoms with Crippen molar-refractivity contribution in [3.8, 4) is 0 Å². The van der Waals surface area contributed by atoms with Gasteiger partial charge in [0.05, 0.1) is 11.3 Å². The number of alkyl halides is 3.